The molecule has 1 saturated heterocycles. The molecule has 2 N–H and O–H groups in total. The Labute approximate surface area is 236 Å². The molecule has 0 saturated carbocycles. The van der Waals surface area contributed by atoms with E-state index < -0.39 is 11.0 Å². The van der Waals surface area contributed by atoms with Gasteiger partial charge >= 0.3 is 0 Å². The zero-order valence-electron chi connectivity index (χ0n) is 22.1. The van der Waals surface area contributed by atoms with Crippen LogP contribution in [0.15, 0.2) is 77.3 Å². The number of furan rings is 1. The van der Waals surface area contributed by atoms with Crippen LogP contribution in [0.5, 0.6) is 5.75 Å². The second-order valence-electron chi connectivity index (χ2n) is 9.24. The summed E-state index contributed by atoms with van der Waals surface area (Å²) in [5, 5.41) is 18.1. The van der Waals surface area contributed by atoms with Crippen molar-refractivity contribution in [2.45, 2.75) is 32.4 Å². The lowest BCUT2D eigenvalue weighted by Crippen LogP contribution is -2.29. The molecule has 0 aliphatic carbocycles. The maximum Gasteiger partial charge on any atom is 0.273 e. The maximum absolute atomic E-state index is 12.0. The monoisotopic (exact) mass is 557 g/mol. The fraction of sp³-hybridized carbons (Fsp3) is 0.207. The Hall–Kier alpha value is -4.77. The van der Waals surface area contributed by atoms with Gasteiger partial charge in [-0.1, -0.05) is 13.0 Å². The van der Waals surface area contributed by atoms with Gasteiger partial charge in [-0.15, -0.1) is 0 Å². The van der Waals surface area contributed by atoms with Crippen LogP contribution in [0.2, 0.25) is 0 Å². The van der Waals surface area contributed by atoms with E-state index in [-0.39, 0.29) is 17.6 Å². The van der Waals surface area contributed by atoms with Crippen molar-refractivity contribution in [1.29, 1.82) is 0 Å². The molecule has 2 atom stereocenters. The topological polar surface area (TPSA) is 123 Å². The number of benzene rings is 2. The summed E-state index contributed by atoms with van der Waals surface area (Å²) in [5.41, 5.74) is 3.73. The fourth-order valence-corrected chi connectivity index (χ4v) is 5.10. The Morgan fingerprint density at radius 3 is 2.70 bits per heavy atom. The molecule has 0 spiro atoms. The average Bonchev–Trinajstić information content (AvgIpc) is 3.58. The molecule has 2 aromatic heterocycles. The van der Waals surface area contributed by atoms with Gasteiger partial charge in [-0.05, 0) is 73.2 Å². The number of carbonyl (C=O) groups is 1. The quantitative estimate of drug-likeness (QED) is 0.150. The summed E-state index contributed by atoms with van der Waals surface area (Å²) < 4.78 is 11.8. The summed E-state index contributed by atoms with van der Waals surface area (Å²) in [5.74, 6) is 1.37. The molecule has 0 unspecified atom stereocenters. The molecule has 4 aromatic rings. The summed E-state index contributed by atoms with van der Waals surface area (Å²) in [4.78, 5) is 29.3. The van der Waals surface area contributed by atoms with E-state index in [0.29, 0.717) is 34.4 Å². The average molecular weight is 558 g/mol. The van der Waals surface area contributed by atoms with Crippen LogP contribution in [0.1, 0.15) is 42.4 Å². The van der Waals surface area contributed by atoms with Crippen molar-refractivity contribution >= 4 is 40.3 Å². The van der Waals surface area contributed by atoms with Gasteiger partial charge < -0.3 is 24.7 Å². The van der Waals surface area contributed by atoms with E-state index in [1.807, 2.05) is 60.4 Å². The van der Waals surface area contributed by atoms with Gasteiger partial charge in [-0.3, -0.25) is 19.9 Å². The summed E-state index contributed by atoms with van der Waals surface area (Å²) in [6.45, 7) is 3.73. The number of methoxy groups -OCH3 is 1. The van der Waals surface area contributed by atoms with Crippen molar-refractivity contribution in [1.82, 2.24) is 10.3 Å². The summed E-state index contributed by atoms with van der Waals surface area (Å²) in [6.07, 6.45) is 2.11. The summed E-state index contributed by atoms with van der Waals surface area (Å²) >= 11 is 5.81. The van der Waals surface area contributed by atoms with Crippen LogP contribution in [0.25, 0.3) is 11.3 Å². The Kier molecular flexibility index (Phi) is 7.47. The molecule has 10 nitrogen and oxygen atoms in total. The molecular formula is C29H27N5O5S. The number of carbonyl (C=O) groups excluding carboxylic acids is 1. The number of hydrogen-bond donors (Lipinski definition) is 2. The first-order valence-electron chi connectivity index (χ1n) is 12.6. The highest BCUT2D eigenvalue weighted by Gasteiger charge is 2.42. The van der Waals surface area contributed by atoms with Crippen molar-refractivity contribution < 1.29 is 18.9 Å². The van der Waals surface area contributed by atoms with Gasteiger partial charge in [0.2, 0.25) is 5.91 Å². The minimum absolute atomic E-state index is 0.0629. The number of rotatable bonds is 8. The zero-order chi connectivity index (χ0) is 28.4. The second kappa shape index (κ2) is 11.1. The van der Waals surface area contributed by atoms with Gasteiger partial charge in [0.1, 0.15) is 23.3 Å². The first kappa shape index (κ1) is 26.8. The van der Waals surface area contributed by atoms with E-state index in [2.05, 4.69) is 15.6 Å². The lowest BCUT2D eigenvalue weighted by Gasteiger charge is -2.27. The largest absolute Gasteiger partial charge is 0.496 e. The van der Waals surface area contributed by atoms with Gasteiger partial charge in [0.15, 0.2) is 5.11 Å². The molecule has 3 heterocycles. The van der Waals surface area contributed by atoms with Crippen molar-refractivity contribution in [3.63, 3.8) is 0 Å². The van der Waals surface area contributed by atoms with E-state index >= 15 is 0 Å². The number of non-ortho nitro benzene ring substituents is 1. The molecule has 11 heteroatoms. The normalized spacial score (nSPS) is 16.5. The third-order valence-electron chi connectivity index (χ3n) is 6.76. The van der Waals surface area contributed by atoms with Crippen molar-refractivity contribution in [2.75, 3.05) is 17.3 Å². The summed E-state index contributed by atoms with van der Waals surface area (Å²) in [6, 6.07) is 18.8. The lowest BCUT2D eigenvalue weighted by molar-refractivity contribution is -0.384. The number of nitro groups is 1. The number of nitrogens with one attached hydrogen (secondary N) is 2. The highest BCUT2D eigenvalue weighted by Crippen LogP contribution is 2.44. The SMILES string of the molecule is CCC(=O)Nc1ccc(N2C(=S)N[C@@H](c3ccccn3)[C@H]2c2ccc(-c3ccc([N+](=O)[O-])cc3OC)o2)cc1C. The molecule has 40 heavy (non-hydrogen) atoms. The first-order valence-corrected chi connectivity index (χ1v) is 13.0. The highest BCUT2D eigenvalue weighted by molar-refractivity contribution is 7.80. The number of anilines is 2. The number of hydrogen-bond acceptors (Lipinski definition) is 7. The van der Waals surface area contributed by atoms with Crippen LogP contribution in [0.4, 0.5) is 17.1 Å². The molecule has 1 aliphatic heterocycles. The van der Waals surface area contributed by atoms with Crippen LogP contribution in [-0.4, -0.2) is 28.0 Å². The molecule has 5 rings (SSSR count). The Balaban J connectivity index is 1.57. The number of nitro benzene ring substituents is 1. The van der Waals surface area contributed by atoms with Crippen LogP contribution >= 0.6 is 12.2 Å². The zero-order valence-corrected chi connectivity index (χ0v) is 22.9. The van der Waals surface area contributed by atoms with E-state index in [1.165, 1.54) is 19.2 Å². The number of aromatic nitrogens is 1. The molecule has 1 aliphatic rings. The Morgan fingerprint density at radius 2 is 2.02 bits per heavy atom. The molecule has 1 amide bonds. The maximum atomic E-state index is 12.0. The minimum atomic E-state index is -0.471. The van der Waals surface area contributed by atoms with E-state index in [4.69, 9.17) is 21.4 Å². The first-order chi connectivity index (χ1) is 19.3. The molecule has 204 valence electrons. The van der Waals surface area contributed by atoms with Gasteiger partial charge in [-0.2, -0.15) is 0 Å². The van der Waals surface area contributed by atoms with Crippen LogP contribution in [-0.2, 0) is 4.79 Å². The molecule has 1 fully saturated rings. The van der Waals surface area contributed by atoms with Gasteiger partial charge in [0.05, 0.1) is 35.4 Å². The molecular weight excluding hydrogens is 530 g/mol. The van der Waals surface area contributed by atoms with Crippen LogP contribution < -0.4 is 20.3 Å². The highest BCUT2D eigenvalue weighted by atomic mass is 32.1. The van der Waals surface area contributed by atoms with Gasteiger partial charge in [-0.25, -0.2) is 0 Å². The Bertz CT molecular complexity index is 1590. The number of amides is 1. The fourth-order valence-electron chi connectivity index (χ4n) is 4.75. The number of pyridine rings is 1. The minimum Gasteiger partial charge on any atom is -0.496 e. The van der Waals surface area contributed by atoms with Crippen molar-refractivity contribution in [3.05, 3.63) is 100 Å². The van der Waals surface area contributed by atoms with Crippen molar-refractivity contribution in [3.8, 4) is 17.1 Å². The third kappa shape index (κ3) is 5.10. The second-order valence-corrected chi connectivity index (χ2v) is 9.63. The number of ether oxygens (including phenoxy) is 1. The number of aryl methyl sites for hydroxylation is 1. The van der Waals surface area contributed by atoms with Gasteiger partial charge in [0, 0.05) is 30.1 Å². The smallest absolute Gasteiger partial charge is 0.273 e. The molecule has 2 aromatic carbocycles. The predicted octanol–water partition coefficient (Wildman–Crippen LogP) is 6.09. The van der Waals surface area contributed by atoms with Crippen molar-refractivity contribution in [2.24, 2.45) is 0 Å². The van der Waals surface area contributed by atoms with Crippen LogP contribution in [0.3, 0.4) is 0 Å². The van der Waals surface area contributed by atoms with Crippen LogP contribution in [0, 0.1) is 17.0 Å². The van der Waals surface area contributed by atoms with E-state index in [0.717, 1.165) is 22.6 Å². The predicted molar refractivity (Wildman–Crippen MR) is 155 cm³/mol. The third-order valence-corrected chi connectivity index (χ3v) is 7.08. The van der Waals surface area contributed by atoms with Gasteiger partial charge in [0.25, 0.3) is 5.69 Å². The molecule has 0 radical (unpaired) electrons. The Morgan fingerprint density at radius 1 is 1.20 bits per heavy atom. The number of thiocarbonyl (C=S) groups is 1. The summed E-state index contributed by atoms with van der Waals surface area (Å²) in [7, 11) is 1.46. The standard InChI is InChI=1S/C29H27N5O5S/c1-4-26(35)31-21-11-9-18(15-17(21)2)33-28(27(32-29(33)40)22-7-5-6-14-30-22)24-13-12-23(39-24)20-10-8-19(34(36)37)16-25(20)38-3/h5-16,27-28H,4H2,1-3H3,(H,31,35)(H,32,40)/t27-,28+/m0/s1. The van der Waals surface area contributed by atoms with E-state index in [9.17, 15) is 14.9 Å². The van der Waals surface area contributed by atoms with E-state index in [1.54, 1.807) is 19.2 Å². The lowest BCUT2D eigenvalue weighted by atomic mass is 10.0. The molecule has 0 bridgehead atoms. The number of nitrogens with zero attached hydrogens (tertiary/aromatic N) is 3.